The molecular formula is C28H45N7. The van der Waals surface area contributed by atoms with Crippen LogP contribution in [-0.2, 0) is 20.0 Å². The molecule has 0 amide bonds. The number of hydrogen-bond donors (Lipinski definition) is 3. The molecule has 3 aromatic rings. The fourth-order valence-corrected chi connectivity index (χ4v) is 4.78. The molecule has 0 aliphatic rings. The monoisotopic (exact) mass is 479 g/mol. The fraction of sp³-hybridized carbons (Fsp3) is 0.571. The number of nitrogens with zero attached hydrogens (tertiary/aromatic N) is 4. The Kier molecular flexibility index (Phi) is 11.5. The SMILES string of the molecule is CCCN(CCC)CCCCC(N)C(CNCc1nccn1C)c1ccc(Cc2ncc[nH]2)cc1. The van der Waals surface area contributed by atoms with Crippen LogP contribution in [0.25, 0.3) is 0 Å². The topological polar surface area (TPSA) is 87.8 Å². The normalized spacial score (nSPS) is 13.4. The molecule has 2 heterocycles. The standard InChI is InChI=1S/C28H45N7/c1-4-16-35(17-5-2)18-7-6-8-26(29)25(21-30-22-28-33-15-19-34(28)3)24-11-9-23(10-12-24)20-27-31-13-14-32-27/h9-15,19,25-26,30H,4-8,16-18,20-22,29H2,1-3H3,(H,31,32). The summed E-state index contributed by atoms with van der Waals surface area (Å²) in [4.78, 5) is 14.6. The Labute approximate surface area is 211 Å². The molecule has 3 rings (SSSR count). The summed E-state index contributed by atoms with van der Waals surface area (Å²) in [5.41, 5.74) is 9.38. The van der Waals surface area contributed by atoms with Crippen LogP contribution in [0, 0.1) is 0 Å². The Morgan fingerprint density at radius 2 is 1.80 bits per heavy atom. The van der Waals surface area contributed by atoms with Crippen molar-refractivity contribution in [1.29, 1.82) is 0 Å². The summed E-state index contributed by atoms with van der Waals surface area (Å²) in [5, 5.41) is 3.61. The van der Waals surface area contributed by atoms with E-state index in [0.717, 1.165) is 44.0 Å². The van der Waals surface area contributed by atoms with E-state index in [0.29, 0.717) is 0 Å². The molecule has 192 valence electrons. The van der Waals surface area contributed by atoms with E-state index >= 15 is 0 Å². The van der Waals surface area contributed by atoms with E-state index in [9.17, 15) is 0 Å². The van der Waals surface area contributed by atoms with Gasteiger partial charge >= 0.3 is 0 Å². The van der Waals surface area contributed by atoms with Gasteiger partial charge in [0.1, 0.15) is 11.6 Å². The lowest BCUT2D eigenvalue weighted by molar-refractivity contribution is 0.266. The summed E-state index contributed by atoms with van der Waals surface area (Å²) >= 11 is 0. The average Bonchev–Trinajstić information content (AvgIpc) is 3.52. The Morgan fingerprint density at radius 1 is 1.03 bits per heavy atom. The maximum absolute atomic E-state index is 6.83. The second-order valence-corrected chi connectivity index (χ2v) is 9.65. The summed E-state index contributed by atoms with van der Waals surface area (Å²) in [7, 11) is 2.03. The Balaban J connectivity index is 1.58. The van der Waals surface area contributed by atoms with Gasteiger partial charge in [-0.05, 0) is 56.4 Å². The smallest absolute Gasteiger partial charge is 0.122 e. The average molecular weight is 480 g/mol. The van der Waals surface area contributed by atoms with E-state index in [-0.39, 0.29) is 12.0 Å². The van der Waals surface area contributed by atoms with Gasteiger partial charge < -0.3 is 25.5 Å². The quantitative estimate of drug-likeness (QED) is 0.252. The molecule has 0 saturated heterocycles. The molecule has 1 aromatic carbocycles. The lowest BCUT2D eigenvalue weighted by Gasteiger charge is -2.26. The highest BCUT2D eigenvalue weighted by Gasteiger charge is 2.20. The lowest BCUT2D eigenvalue weighted by Crippen LogP contribution is -2.36. The van der Waals surface area contributed by atoms with E-state index in [1.807, 2.05) is 25.6 Å². The highest BCUT2D eigenvalue weighted by atomic mass is 15.1. The van der Waals surface area contributed by atoms with Gasteiger partial charge in [-0.25, -0.2) is 9.97 Å². The van der Waals surface area contributed by atoms with Crippen LogP contribution in [0.4, 0.5) is 0 Å². The van der Waals surface area contributed by atoms with E-state index in [2.05, 4.69) is 67.8 Å². The highest BCUT2D eigenvalue weighted by molar-refractivity contribution is 5.28. The summed E-state index contributed by atoms with van der Waals surface area (Å²) in [6.07, 6.45) is 14.2. The predicted octanol–water partition coefficient (Wildman–Crippen LogP) is 4.23. The van der Waals surface area contributed by atoms with E-state index < -0.39 is 0 Å². The number of hydrogen-bond acceptors (Lipinski definition) is 5. The minimum atomic E-state index is 0.116. The van der Waals surface area contributed by atoms with Crippen LogP contribution in [0.15, 0.2) is 49.1 Å². The van der Waals surface area contributed by atoms with Gasteiger partial charge in [0.2, 0.25) is 0 Å². The van der Waals surface area contributed by atoms with Crippen molar-refractivity contribution < 1.29 is 0 Å². The third-order valence-electron chi connectivity index (χ3n) is 6.76. The second-order valence-electron chi connectivity index (χ2n) is 9.65. The molecule has 2 aromatic heterocycles. The van der Waals surface area contributed by atoms with Crippen molar-refractivity contribution in [3.05, 3.63) is 71.8 Å². The number of aromatic nitrogens is 4. The van der Waals surface area contributed by atoms with E-state index in [4.69, 9.17) is 5.73 Å². The molecule has 0 fully saturated rings. The van der Waals surface area contributed by atoms with Crippen LogP contribution in [0.1, 0.15) is 74.6 Å². The van der Waals surface area contributed by atoms with Crippen LogP contribution in [-0.4, -0.2) is 56.6 Å². The molecule has 4 N–H and O–H groups in total. The summed E-state index contributed by atoms with van der Waals surface area (Å²) in [6.45, 7) is 9.68. The first kappa shape index (κ1) is 27.1. The molecule has 2 unspecified atom stereocenters. The number of H-pyrrole nitrogens is 1. The zero-order chi connectivity index (χ0) is 24.9. The molecule has 7 nitrogen and oxygen atoms in total. The molecule has 0 saturated carbocycles. The number of imidazole rings is 2. The number of benzene rings is 1. The first-order chi connectivity index (χ1) is 17.1. The van der Waals surface area contributed by atoms with Crippen LogP contribution in [0.5, 0.6) is 0 Å². The van der Waals surface area contributed by atoms with Gasteiger partial charge in [-0.2, -0.15) is 0 Å². The second kappa shape index (κ2) is 14.8. The van der Waals surface area contributed by atoms with Crippen molar-refractivity contribution in [2.45, 2.75) is 70.9 Å². The number of nitrogens with one attached hydrogen (secondary N) is 2. The van der Waals surface area contributed by atoms with Crippen LogP contribution >= 0.6 is 0 Å². The molecule has 0 aliphatic carbocycles. The van der Waals surface area contributed by atoms with E-state index in [1.54, 1.807) is 6.20 Å². The van der Waals surface area contributed by atoms with Crippen molar-refractivity contribution >= 4 is 0 Å². The molecule has 0 radical (unpaired) electrons. The Morgan fingerprint density at radius 3 is 2.43 bits per heavy atom. The van der Waals surface area contributed by atoms with Crippen LogP contribution < -0.4 is 11.1 Å². The summed E-state index contributed by atoms with van der Waals surface area (Å²) in [6, 6.07) is 9.03. The number of rotatable bonds is 17. The Hall–Kier alpha value is -2.48. The van der Waals surface area contributed by atoms with Crippen molar-refractivity contribution in [3.63, 3.8) is 0 Å². The van der Waals surface area contributed by atoms with Gasteiger partial charge in [-0.3, -0.25) is 0 Å². The molecular weight excluding hydrogens is 434 g/mol. The van der Waals surface area contributed by atoms with Gasteiger partial charge in [-0.1, -0.05) is 44.5 Å². The van der Waals surface area contributed by atoms with Crippen molar-refractivity contribution in [1.82, 2.24) is 29.7 Å². The fourth-order valence-electron chi connectivity index (χ4n) is 4.78. The first-order valence-electron chi connectivity index (χ1n) is 13.3. The number of nitrogens with two attached hydrogens (primary N) is 1. The van der Waals surface area contributed by atoms with Gasteiger partial charge in [-0.15, -0.1) is 0 Å². The zero-order valence-electron chi connectivity index (χ0n) is 21.9. The predicted molar refractivity (Wildman–Crippen MR) is 144 cm³/mol. The minimum Gasteiger partial charge on any atom is -0.348 e. The molecule has 0 spiro atoms. The first-order valence-corrected chi connectivity index (χ1v) is 13.3. The maximum atomic E-state index is 6.83. The molecule has 2 atom stereocenters. The lowest BCUT2D eigenvalue weighted by atomic mass is 9.88. The summed E-state index contributed by atoms with van der Waals surface area (Å²) in [5.74, 6) is 2.29. The number of aryl methyl sites for hydroxylation is 1. The third-order valence-corrected chi connectivity index (χ3v) is 6.76. The van der Waals surface area contributed by atoms with Crippen LogP contribution in [0.2, 0.25) is 0 Å². The Bertz CT molecular complexity index is 927. The minimum absolute atomic E-state index is 0.116. The zero-order valence-corrected chi connectivity index (χ0v) is 21.9. The number of aromatic amines is 1. The van der Waals surface area contributed by atoms with Gasteiger partial charge in [0.05, 0.1) is 6.54 Å². The van der Waals surface area contributed by atoms with E-state index in [1.165, 1.54) is 50.0 Å². The largest absolute Gasteiger partial charge is 0.348 e. The number of unbranched alkanes of at least 4 members (excludes halogenated alkanes) is 1. The van der Waals surface area contributed by atoms with Crippen molar-refractivity contribution in [2.24, 2.45) is 12.8 Å². The van der Waals surface area contributed by atoms with Gasteiger partial charge in [0, 0.05) is 56.8 Å². The van der Waals surface area contributed by atoms with Crippen molar-refractivity contribution in [2.75, 3.05) is 26.2 Å². The molecule has 7 heteroatoms. The molecule has 35 heavy (non-hydrogen) atoms. The summed E-state index contributed by atoms with van der Waals surface area (Å²) < 4.78 is 2.06. The van der Waals surface area contributed by atoms with Gasteiger partial charge in [0.25, 0.3) is 0 Å². The van der Waals surface area contributed by atoms with Crippen molar-refractivity contribution in [3.8, 4) is 0 Å². The van der Waals surface area contributed by atoms with Gasteiger partial charge in [0.15, 0.2) is 0 Å². The molecule has 0 aliphatic heterocycles. The third kappa shape index (κ3) is 8.91. The highest BCUT2D eigenvalue weighted by Crippen LogP contribution is 2.23. The molecule has 0 bridgehead atoms. The van der Waals surface area contributed by atoms with Crippen LogP contribution in [0.3, 0.4) is 0 Å². The maximum Gasteiger partial charge on any atom is 0.122 e.